The van der Waals surface area contributed by atoms with Crippen LogP contribution >= 0.6 is 15.9 Å². The lowest BCUT2D eigenvalue weighted by molar-refractivity contribution is -0.116. The molecule has 0 aromatic heterocycles. The van der Waals surface area contributed by atoms with Gasteiger partial charge in [-0.15, -0.1) is 0 Å². The predicted molar refractivity (Wildman–Crippen MR) is 67.3 cm³/mol. The van der Waals surface area contributed by atoms with E-state index < -0.39 is 0 Å². The van der Waals surface area contributed by atoms with E-state index in [9.17, 15) is 9.18 Å². The lowest BCUT2D eigenvalue weighted by atomic mass is 10.1. The smallest absolute Gasteiger partial charge is 0.238 e. The number of halogens is 2. The van der Waals surface area contributed by atoms with Gasteiger partial charge in [0.05, 0.1) is 4.83 Å². The molecule has 0 radical (unpaired) electrons. The zero-order chi connectivity index (χ0) is 12.3. The largest absolute Gasteiger partial charge is 0.325 e. The summed E-state index contributed by atoms with van der Waals surface area (Å²) < 4.78 is 13.2. The Morgan fingerprint density at radius 3 is 2.62 bits per heavy atom. The lowest BCUT2D eigenvalue weighted by Gasteiger charge is -2.15. The van der Waals surface area contributed by atoms with Crippen LogP contribution in [0, 0.1) is 18.7 Å². The monoisotopic (exact) mass is 287 g/mol. The topological polar surface area (TPSA) is 29.1 Å². The molecule has 0 fully saturated rings. The lowest BCUT2D eigenvalue weighted by Crippen LogP contribution is -2.27. The van der Waals surface area contributed by atoms with Gasteiger partial charge in [-0.2, -0.15) is 0 Å². The van der Waals surface area contributed by atoms with Crippen molar-refractivity contribution in [3.63, 3.8) is 0 Å². The van der Waals surface area contributed by atoms with Gasteiger partial charge in [0, 0.05) is 11.3 Å². The third kappa shape index (κ3) is 3.04. The fourth-order valence-electron chi connectivity index (χ4n) is 1.25. The summed E-state index contributed by atoms with van der Waals surface area (Å²) >= 11 is 3.30. The van der Waals surface area contributed by atoms with Crippen LogP contribution in [0.25, 0.3) is 0 Å². The van der Waals surface area contributed by atoms with Gasteiger partial charge in [-0.1, -0.05) is 35.8 Å². The Balaban J connectivity index is 2.81. The minimum atomic E-state index is -0.312. The van der Waals surface area contributed by atoms with E-state index in [-0.39, 0.29) is 22.5 Å². The first kappa shape index (κ1) is 13.2. The van der Waals surface area contributed by atoms with Crippen LogP contribution in [0.1, 0.15) is 19.4 Å². The standard InChI is InChI=1S/C12H15BrFNO/c1-7(2)11(13)12(16)15-10-6-4-5-9(14)8(10)3/h4-7,11H,1-3H3,(H,15,16). The summed E-state index contributed by atoms with van der Waals surface area (Å²) in [4.78, 5) is 11.5. The maximum atomic E-state index is 13.2. The zero-order valence-electron chi connectivity index (χ0n) is 9.55. The number of anilines is 1. The van der Waals surface area contributed by atoms with Gasteiger partial charge in [-0.3, -0.25) is 4.79 Å². The Morgan fingerprint density at radius 2 is 2.06 bits per heavy atom. The third-order valence-corrected chi connectivity index (χ3v) is 3.83. The molecule has 16 heavy (non-hydrogen) atoms. The summed E-state index contributed by atoms with van der Waals surface area (Å²) in [5, 5.41) is 2.71. The van der Waals surface area contributed by atoms with E-state index in [0.717, 1.165) is 0 Å². The highest BCUT2D eigenvalue weighted by molar-refractivity contribution is 9.10. The summed E-state index contributed by atoms with van der Waals surface area (Å²) in [5.74, 6) is -0.272. The van der Waals surface area contributed by atoms with Crippen LogP contribution in [0.4, 0.5) is 10.1 Å². The van der Waals surface area contributed by atoms with Crippen LogP contribution in [-0.4, -0.2) is 10.7 Å². The molecule has 1 rings (SSSR count). The van der Waals surface area contributed by atoms with Crippen molar-refractivity contribution in [2.45, 2.75) is 25.6 Å². The van der Waals surface area contributed by atoms with E-state index in [4.69, 9.17) is 0 Å². The van der Waals surface area contributed by atoms with Crippen molar-refractivity contribution in [1.82, 2.24) is 0 Å². The van der Waals surface area contributed by atoms with Crippen molar-refractivity contribution < 1.29 is 9.18 Å². The van der Waals surface area contributed by atoms with Crippen molar-refractivity contribution in [2.75, 3.05) is 5.32 Å². The van der Waals surface area contributed by atoms with Crippen molar-refractivity contribution in [1.29, 1.82) is 0 Å². The highest BCUT2D eigenvalue weighted by Gasteiger charge is 2.19. The molecule has 0 spiro atoms. The van der Waals surface area contributed by atoms with E-state index in [0.29, 0.717) is 11.3 Å². The van der Waals surface area contributed by atoms with Crippen LogP contribution in [-0.2, 0) is 4.79 Å². The second-order valence-electron chi connectivity index (χ2n) is 4.05. The summed E-state index contributed by atoms with van der Waals surface area (Å²) in [7, 11) is 0. The van der Waals surface area contributed by atoms with Crippen LogP contribution in [0.15, 0.2) is 18.2 Å². The Morgan fingerprint density at radius 1 is 1.44 bits per heavy atom. The summed E-state index contributed by atoms with van der Waals surface area (Å²) in [5.41, 5.74) is 0.981. The van der Waals surface area contributed by atoms with E-state index in [2.05, 4.69) is 21.2 Å². The molecule has 0 bridgehead atoms. The molecule has 1 unspecified atom stereocenters. The third-order valence-electron chi connectivity index (χ3n) is 2.36. The molecule has 88 valence electrons. The summed E-state index contributed by atoms with van der Waals surface area (Å²) in [6.45, 7) is 5.53. The molecule has 1 atom stereocenters. The second-order valence-corrected chi connectivity index (χ2v) is 5.03. The number of carbonyl (C=O) groups excluding carboxylic acids is 1. The minimum Gasteiger partial charge on any atom is -0.325 e. The molecule has 1 aromatic rings. The highest BCUT2D eigenvalue weighted by atomic mass is 79.9. The van der Waals surface area contributed by atoms with Gasteiger partial charge in [0.1, 0.15) is 5.82 Å². The molecule has 0 aliphatic rings. The van der Waals surface area contributed by atoms with Gasteiger partial charge in [0.15, 0.2) is 0 Å². The van der Waals surface area contributed by atoms with Crippen LogP contribution in [0.5, 0.6) is 0 Å². The van der Waals surface area contributed by atoms with Crippen LogP contribution in [0.2, 0.25) is 0 Å². The Kier molecular flexibility index (Phi) is 4.47. The molecule has 0 saturated heterocycles. The summed E-state index contributed by atoms with van der Waals surface area (Å²) in [6.07, 6.45) is 0. The maximum absolute atomic E-state index is 13.2. The Hall–Kier alpha value is -0.900. The maximum Gasteiger partial charge on any atom is 0.238 e. The van der Waals surface area contributed by atoms with Crippen LogP contribution in [0.3, 0.4) is 0 Å². The van der Waals surface area contributed by atoms with Gasteiger partial charge in [-0.05, 0) is 25.0 Å². The number of hydrogen-bond donors (Lipinski definition) is 1. The van der Waals surface area contributed by atoms with E-state index in [1.54, 1.807) is 19.1 Å². The number of rotatable bonds is 3. The normalized spacial score (nSPS) is 12.6. The zero-order valence-corrected chi connectivity index (χ0v) is 11.1. The number of benzene rings is 1. The molecule has 1 N–H and O–H groups in total. The molecular formula is C12H15BrFNO. The van der Waals surface area contributed by atoms with E-state index in [1.165, 1.54) is 6.07 Å². The predicted octanol–water partition coefficient (Wildman–Crippen LogP) is 3.49. The Bertz CT molecular complexity index is 393. The fraction of sp³-hybridized carbons (Fsp3) is 0.417. The first-order valence-electron chi connectivity index (χ1n) is 5.13. The van der Waals surface area contributed by atoms with Gasteiger partial charge in [-0.25, -0.2) is 4.39 Å². The fourth-order valence-corrected chi connectivity index (χ4v) is 1.36. The van der Waals surface area contributed by atoms with Crippen molar-refractivity contribution in [3.8, 4) is 0 Å². The number of hydrogen-bond acceptors (Lipinski definition) is 1. The minimum absolute atomic E-state index is 0.149. The van der Waals surface area contributed by atoms with Crippen molar-refractivity contribution >= 4 is 27.5 Å². The average molecular weight is 288 g/mol. The number of carbonyl (C=O) groups is 1. The Labute approximate surface area is 103 Å². The SMILES string of the molecule is Cc1c(F)cccc1NC(=O)C(Br)C(C)C. The average Bonchev–Trinajstić information content (AvgIpc) is 2.23. The number of amides is 1. The quantitative estimate of drug-likeness (QED) is 0.847. The number of nitrogens with one attached hydrogen (secondary N) is 1. The molecular weight excluding hydrogens is 273 g/mol. The van der Waals surface area contributed by atoms with E-state index in [1.807, 2.05) is 13.8 Å². The van der Waals surface area contributed by atoms with E-state index >= 15 is 0 Å². The van der Waals surface area contributed by atoms with Crippen LogP contribution < -0.4 is 5.32 Å². The molecule has 1 amide bonds. The molecule has 0 aliphatic carbocycles. The molecule has 4 heteroatoms. The highest BCUT2D eigenvalue weighted by Crippen LogP contribution is 2.20. The van der Waals surface area contributed by atoms with Crippen molar-refractivity contribution in [2.24, 2.45) is 5.92 Å². The molecule has 0 aliphatic heterocycles. The van der Waals surface area contributed by atoms with Gasteiger partial charge >= 0.3 is 0 Å². The first-order chi connectivity index (χ1) is 7.43. The first-order valence-corrected chi connectivity index (χ1v) is 6.05. The molecule has 1 aromatic carbocycles. The van der Waals surface area contributed by atoms with Gasteiger partial charge in [0.2, 0.25) is 5.91 Å². The molecule has 2 nitrogen and oxygen atoms in total. The molecule has 0 heterocycles. The van der Waals surface area contributed by atoms with Gasteiger partial charge in [0.25, 0.3) is 0 Å². The number of alkyl halides is 1. The summed E-state index contributed by atoms with van der Waals surface area (Å²) in [6, 6.07) is 4.64. The molecule has 0 saturated carbocycles. The van der Waals surface area contributed by atoms with Gasteiger partial charge < -0.3 is 5.32 Å². The second kappa shape index (κ2) is 5.43. The van der Waals surface area contributed by atoms with Crippen molar-refractivity contribution in [3.05, 3.63) is 29.6 Å².